The summed E-state index contributed by atoms with van der Waals surface area (Å²) in [6.07, 6.45) is 11.9. The van der Waals surface area contributed by atoms with Crippen LogP contribution in [0, 0.1) is 6.92 Å². The summed E-state index contributed by atoms with van der Waals surface area (Å²) >= 11 is 0. The third-order valence-corrected chi connectivity index (χ3v) is 7.39. The standard InChI is InChI=1S/C31H35N3O2.H2/c1-21-16-26-17-27(29(36-4)18-28(26)32-21)31(35)34-20-22(2)33(19-23(34)3)30(25-14-10-7-11-15-25)24-12-8-5-6-9-13-24;/h5-8,10-18,22-23,30,32H,9,19-20H2,1-4H3;1H/t22-,23+,30?;/m0./s1. The number of methoxy groups -OCH3 is 1. The first-order chi connectivity index (χ1) is 17.5. The maximum atomic E-state index is 13.9. The van der Waals surface area contributed by atoms with Gasteiger partial charge in [-0.1, -0.05) is 60.7 Å². The molecule has 1 aliphatic carbocycles. The lowest BCUT2D eigenvalue weighted by Crippen LogP contribution is -2.58. The van der Waals surface area contributed by atoms with Crippen LogP contribution in [0.2, 0.25) is 0 Å². The van der Waals surface area contributed by atoms with Gasteiger partial charge in [0.05, 0.1) is 18.7 Å². The first kappa shape index (κ1) is 24.1. The largest absolute Gasteiger partial charge is 0.496 e. The molecule has 0 spiro atoms. The molecule has 1 saturated heterocycles. The Morgan fingerprint density at radius 2 is 1.89 bits per heavy atom. The normalized spacial score (nSPS) is 21.3. The minimum atomic E-state index is 0. The molecule has 1 N–H and O–H groups in total. The van der Waals surface area contributed by atoms with E-state index >= 15 is 0 Å². The van der Waals surface area contributed by atoms with Crippen molar-refractivity contribution in [2.45, 2.75) is 45.3 Å². The zero-order valence-electron chi connectivity index (χ0n) is 21.6. The summed E-state index contributed by atoms with van der Waals surface area (Å²) in [6, 6.07) is 17.1. The number of ether oxygens (including phenoxy) is 1. The number of carbonyl (C=O) groups excluding carboxylic acids is 1. The van der Waals surface area contributed by atoms with E-state index in [0.29, 0.717) is 17.9 Å². The molecule has 2 aromatic carbocycles. The van der Waals surface area contributed by atoms with Crippen molar-refractivity contribution in [1.29, 1.82) is 0 Å². The van der Waals surface area contributed by atoms with Gasteiger partial charge in [-0.3, -0.25) is 9.69 Å². The molecule has 1 amide bonds. The van der Waals surface area contributed by atoms with Crippen molar-refractivity contribution >= 4 is 16.8 Å². The fraction of sp³-hybridized carbons (Fsp3) is 0.323. The molecule has 5 nitrogen and oxygen atoms in total. The molecule has 3 aromatic rings. The van der Waals surface area contributed by atoms with Crippen molar-refractivity contribution < 1.29 is 11.0 Å². The first-order valence-corrected chi connectivity index (χ1v) is 12.8. The number of aryl methyl sites for hydroxylation is 1. The van der Waals surface area contributed by atoms with Gasteiger partial charge >= 0.3 is 0 Å². The molecule has 3 atom stereocenters. The maximum absolute atomic E-state index is 13.9. The average Bonchev–Trinajstić information content (AvgIpc) is 3.05. The van der Waals surface area contributed by atoms with Gasteiger partial charge in [-0.05, 0) is 50.5 Å². The molecule has 0 radical (unpaired) electrons. The van der Waals surface area contributed by atoms with Crippen LogP contribution in [0.3, 0.4) is 0 Å². The Balaban J connectivity index is 0.00000320. The predicted octanol–water partition coefficient (Wildman–Crippen LogP) is 6.45. The third kappa shape index (κ3) is 4.63. The lowest BCUT2D eigenvalue weighted by molar-refractivity contribution is 0.0206. The van der Waals surface area contributed by atoms with E-state index in [1.807, 2.05) is 24.0 Å². The molecule has 1 aliphatic heterocycles. The van der Waals surface area contributed by atoms with Gasteiger partial charge in [-0.2, -0.15) is 0 Å². The number of nitrogens with one attached hydrogen (secondary N) is 1. The minimum absolute atomic E-state index is 0. The monoisotopic (exact) mass is 483 g/mol. The smallest absolute Gasteiger partial charge is 0.257 e. The van der Waals surface area contributed by atoms with Gasteiger partial charge in [0.25, 0.3) is 5.91 Å². The second-order valence-electron chi connectivity index (χ2n) is 9.98. The van der Waals surface area contributed by atoms with Crippen LogP contribution < -0.4 is 4.74 Å². The van der Waals surface area contributed by atoms with Crippen molar-refractivity contribution in [3.05, 3.63) is 101 Å². The van der Waals surface area contributed by atoms with Crippen LogP contribution in [0.5, 0.6) is 5.75 Å². The number of rotatable bonds is 5. The Hall–Kier alpha value is -3.57. The van der Waals surface area contributed by atoms with Crippen LogP contribution in [0.4, 0.5) is 0 Å². The molecule has 36 heavy (non-hydrogen) atoms. The fourth-order valence-corrected chi connectivity index (χ4v) is 5.60. The number of amides is 1. The SMILES string of the molecule is COc1cc2[nH]c(C)cc2cc1C(=O)N1C[C@H](C)N(C(C2=CCC=CC=C2)c2ccccc2)C[C@H]1C.[HH]. The third-order valence-electron chi connectivity index (χ3n) is 7.39. The van der Waals surface area contributed by atoms with Gasteiger partial charge in [0.2, 0.25) is 0 Å². The van der Waals surface area contributed by atoms with E-state index in [9.17, 15) is 4.79 Å². The summed E-state index contributed by atoms with van der Waals surface area (Å²) in [5.41, 5.74) is 5.26. The highest BCUT2D eigenvalue weighted by Crippen LogP contribution is 2.36. The quantitative estimate of drug-likeness (QED) is 0.454. The predicted molar refractivity (Wildman–Crippen MR) is 149 cm³/mol. The van der Waals surface area contributed by atoms with E-state index in [1.54, 1.807) is 7.11 Å². The number of hydrogen-bond donors (Lipinski definition) is 1. The van der Waals surface area contributed by atoms with E-state index in [0.717, 1.165) is 29.6 Å². The number of fused-ring (bicyclic) bond motifs is 1. The number of benzene rings is 2. The molecule has 2 heterocycles. The Morgan fingerprint density at radius 3 is 2.67 bits per heavy atom. The summed E-state index contributed by atoms with van der Waals surface area (Å²) in [6.45, 7) is 7.86. The highest BCUT2D eigenvalue weighted by Gasteiger charge is 2.37. The van der Waals surface area contributed by atoms with Gasteiger partial charge in [-0.25, -0.2) is 0 Å². The van der Waals surface area contributed by atoms with Gasteiger partial charge in [0.15, 0.2) is 0 Å². The summed E-state index contributed by atoms with van der Waals surface area (Å²) in [5, 5.41) is 1.03. The van der Waals surface area contributed by atoms with E-state index in [2.05, 4.69) is 90.5 Å². The molecule has 0 bridgehead atoms. The number of carbonyl (C=O) groups is 1. The Kier molecular flexibility index (Phi) is 6.84. The number of hydrogen-bond acceptors (Lipinski definition) is 3. The lowest BCUT2D eigenvalue weighted by Gasteiger charge is -2.48. The topological polar surface area (TPSA) is 48.6 Å². The zero-order valence-corrected chi connectivity index (χ0v) is 21.6. The van der Waals surface area contributed by atoms with Gasteiger partial charge < -0.3 is 14.6 Å². The molecule has 5 heteroatoms. The van der Waals surface area contributed by atoms with Crippen molar-refractivity contribution in [3.63, 3.8) is 0 Å². The highest BCUT2D eigenvalue weighted by molar-refractivity contribution is 6.01. The van der Waals surface area contributed by atoms with Crippen LogP contribution in [-0.2, 0) is 0 Å². The Bertz CT molecular complexity index is 1340. The van der Waals surface area contributed by atoms with Crippen LogP contribution in [0.1, 0.15) is 49.4 Å². The van der Waals surface area contributed by atoms with Crippen molar-refractivity contribution in [3.8, 4) is 5.75 Å². The van der Waals surface area contributed by atoms with Gasteiger partial charge in [-0.15, -0.1) is 0 Å². The van der Waals surface area contributed by atoms with Crippen LogP contribution >= 0.6 is 0 Å². The lowest BCUT2D eigenvalue weighted by atomic mass is 9.92. The molecule has 1 unspecified atom stereocenters. The van der Waals surface area contributed by atoms with Crippen LogP contribution in [-0.4, -0.2) is 53.0 Å². The molecule has 188 valence electrons. The molecule has 1 fully saturated rings. The molecule has 0 saturated carbocycles. The number of aromatic nitrogens is 1. The summed E-state index contributed by atoms with van der Waals surface area (Å²) in [7, 11) is 1.63. The van der Waals surface area contributed by atoms with E-state index in [4.69, 9.17) is 4.74 Å². The number of H-pyrrole nitrogens is 1. The zero-order chi connectivity index (χ0) is 25.2. The molecule has 5 rings (SSSR count). The summed E-state index contributed by atoms with van der Waals surface area (Å²) < 4.78 is 5.65. The number of nitrogens with zero attached hydrogens (tertiary/aromatic N) is 2. The molecular formula is C31H37N3O2. The Morgan fingerprint density at radius 1 is 1.08 bits per heavy atom. The maximum Gasteiger partial charge on any atom is 0.257 e. The van der Waals surface area contributed by atoms with Gasteiger partial charge in [0.1, 0.15) is 5.75 Å². The number of piperazine rings is 1. The van der Waals surface area contributed by atoms with E-state index < -0.39 is 0 Å². The second kappa shape index (κ2) is 10.2. The van der Waals surface area contributed by atoms with Crippen molar-refractivity contribution in [1.82, 2.24) is 14.8 Å². The summed E-state index contributed by atoms with van der Waals surface area (Å²) in [4.78, 5) is 21.8. The molecular weight excluding hydrogens is 446 g/mol. The Labute approximate surface area is 215 Å². The number of aromatic amines is 1. The summed E-state index contributed by atoms with van der Waals surface area (Å²) in [5.74, 6) is 0.640. The first-order valence-electron chi connectivity index (χ1n) is 12.8. The minimum Gasteiger partial charge on any atom is -0.496 e. The van der Waals surface area contributed by atoms with Crippen LogP contribution in [0.15, 0.2) is 84.5 Å². The number of allylic oxidation sites excluding steroid dienone is 4. The second-order valence-corrected chi connectivity index (χ2v) is 9.98. The van der Waals surface area contributed by atoms with E-state index in [1.165, 1.54) is 11.1 Å². The van der Waals surface area contributed by atoms with Crippen molar-refractivity contribution in [2.24, 2.45) is 0 Å². The van der Waals surface area contributed by atoms with Crippen molar-refractivity contribution in [2.75, 3.05) is 20.2 Å². The average molecular weight is 484 g/mol. The van der Waals surface area contributed by atoms with Gasteiger partial charge in [0, 0.05) is 49.3 Å². The molecule has 2 aliphatic rings. The molecule has 1 aromatic heterocycles. The fourth-order valence-electron chi connectivity index (χ4n) is 5.60. The van der Waals surface area contributed by atoms with E-state index in [-0.39, 0.29) is 25.5 Å². The highest BCUT2D eigenvalue weighted by atomic mass is 16.5. The van der Waals surface area contributed by atoms with Crippen LogP contribution in [0.25, 0.3) is 10.9 Å².